The molecule has 0 aliphatic rings. The molecule has 1 heterocycles. The van der Waals surface area contributed by atoms with Gasteiger partial charge < -0.3 is 10.1 Å². The Balaban J connectivity index is 1.83. The van der Waals surface area contributed by atoms with E-state index >= 15 is 0 Å². The normalized spacial score (nSPS) is 12.3. The van der Waals surface area contributed by atoms with Crippen LogP contribution in [0.5, 0.6) is 0 Å². The van der Waals surface area contributed by atoms with Crippen molar-refractivity contribution in [3.05, 3.63) is 77.4 Å². The Hall–Kier alpha value is -3.76. The number of carbonyl (C=O) groups excluding carboxylic acids is 2. The maximum absolute atomic E-state index is 13.8. The first kappa shape index (κ1) is 23.9. The molecule has 33 heavy (non-hydrogen) atoms. The molecule has 3 aromatic rings. The average Bonchev–Trinajstić information content (AvgIpc) is 3.24. The number of alkyl halides is 3. The Bertz CT molecular complexity index is 1100. The van der Waals surface area contributed by atoms with E-state index in [1.54, 1.807) is 37.3 Å². The molecule has 0 fully saturated rings. The fourth-order valence-corrected chi connectivity index (χ4v) is 3.15. The Morgan fingerprint density at radius 1 is 1.09 bits per heavy atom. The third kappa shape index (κ3) is 5.93. The summed E-state index contributed by atoms with van der Waals surface area (Å²) in [6, 6.07) is 13.0. The lowest BCUT2D eigenvalue weighted by atomic mass is 9.99. The van der Waals surface area contributed by atoms with E-state index in [1.165, 1.54) is 0 Å². The van der Waals surface area contributed by atoms with Gasteiger partial charge in [0, 0.05) is 6.54 Å². The topological polar surface area (TPSA) is 86.1 Å². The summed E-state index contributed by atoms with van der Waals surface area (Å²) < 4.78 is 59.9. The molecule has 0 aliphatic carbocycles. The molecular formula is C22H20F4N4O3. The highest BCUT2D eigenvalue weighted by Crippen LogP contribution is 2.32. The maximum Gasteiger partial charge on any atom is 0.435 e. The van der Waals surface area contributed by atoms with Crippen molar-refractivity contribution in [1.82, 2.24) is 20.3 Å². The molecule has 2 aromatic carbocycles. The number of amides is 1. The number of esters is 1. The number of hydrogen-bond acceptors (Lipinski definition) is 5. The molecular weight excluding hydrogens is 444 g/mol. The fourth-order valence-electron chi connectivity index (χ4n) is 3.15. The van der Waals surface area contributed by atoms with Crippen LogP contribution < -0.4 is 5.32 Å². The molecule has 1 amide bonds. The van der Waals surface area contributed by atoms with Crippen LogP contribution in [-0.4, -0.2) is 40.0 Å². The molecule has 0 saturated carbocycles. The van der Waals surface area contributed by atoms with Crippen molar-refractivity contribution in [2.24, 2.45) is 5.92 Å². The zero-order chi connectivity index (χ0) is 24.0. The Morgan fingerprint density at radius 3 is 2.36 bits per heavy atom. The second-order valence-electron chi connectivity index (χ2n) is 7.02. The van der Waals surface area contributed by atoms with Gasteiger partial charge in [-0.05, 0) is 43.2 Å². The first-order chi connectivity index (χ1) is 15.7. The summed E-state index contributed by atoms with van der Waals surface area (Å²) >= 11 is 0. The number of ether oxygens (including phenoxy) is 1. The van der Waals surface area contributed by atoms with Crippen LogP contribution >= 0.6 is 0 Å². The quantitative estimate of drug-likeness (QED) is 0.407. The molecule has 1 unspecified atom stereocenters. The van der Waals surface area contributed by atoms with E-state index in [0.717, 1.165) is 29.8 Å². The molecule has 11 heteroatoms. The van der Waals surface area contributed by atoms with E-state index in [4.69, 9.17) is 4.74 Å². The first-order valence-electron chi connectivity index (χ1n) is 9.98. The van der Waals surface area contributed by atoms with Crippen LogP contribution in [0.4, 0.5) is 17.6 Å². The smallest absolute Gasteiger partial charge is 0.435 e. The predicted octanol–water partition coefficient (Wildman–Crippen LogP) is 3.58. The molecule has 0 saturated heterocycles. The molecule has 7 nitrogen and oxygen atoms in total. The largest absolute Gasteiger partial charge is 0.466 e. The van der Waals surface area contributed by atoms with Gasteiger partial charge in [-0.25, -0.2) is 9.07 Å². The summed E-state index contributed by atoms with van der Waals surface area (Å²) in [7, 11) is 0. The number of halogens is 4. The molecule has 1 aromatic heterocycles. The maximum atomic E-state index is 13.8. The van der Waals surface area contributed by atoms with Gasteiger partial charge in [-0.2, -0.15) is 13.2 Å². The third-order valence-electron chi connectivity index (χ3n) is 4.68. The lowest BCUT2D eigenvalue weighted by Gasteiger charge is -2.16. The SMILES string of the molecule is CCOC(=O)C(CNC(=O)c1nnn(-c2ccc(F)cc2)c1C(F)(F)F)Cc1ccccc1. The summed E-state index contributed by atoms with van der Waals surface area (Å²) in [4.78, 5) is 24.9. The average molecular weight is 464 g/mol. The van der Waals surface area contributed by atoms with Crippen LogP contribution in [0.3, 0.4) is 0 Å². The summed E-state index contributed by atoms with van der Waals surface area (Å²) in [5.74, 6) is -3.21. The van der Waals surface area contributed by atoms with Crippen LogP contribution in [0.1, 0.15) is 28.7 Å². The van der Waals surface area contributed by atoms with E-state index in [2.05, 4.69) is 15.6 Å². The highest BCUT2D eigenvalue weighted by atomic mass is 19.4. The van der Waals surface area contributed by atoms with Crippen molar-refractivity contribution in [2.75, 3.05) is 13.2 Å². The summed E-state index contributed by atoms with van der Waals surface area (Å²) in [6.45, 7) is 1.47. The van der Waals surface area contributed by atoms with Crippen molar-refractivity contribution < 1.29 is 31.9 Å². The third-order valence-corrected chi connectivity index (χ3v) is 4.68. The Labute approximate surface area is 186 Å². The molecule has 3 rings (SSSR count). The van der Waals surface area contributed by atoms with Gasteiger partial charge in [-0.15, -0.1) is 5.10 Å². The van der Waals surface area contributed by atoms with Crippen molar-refractivity contribution >= 4 is 11.9 Å². The van der Waals surface area contributed by atoms with Gasteiger partial charge in [0.2, 0.25) is 0 Å². The monoisotopic (exact) mass is 464 g/mol. The van der Waals surface area contributed by atoms with Crippen molar-refractivity contribution in [2.45, 2.75) is 19.5 Å². The lowest BCUT2D eigenvalue weighted by Crippen LogP contribution is -2.36. The molecule has 1 atom stereocenters. The minimum atomic E-state index is -4.98. The number of carbonyl (C=O) groups is 2. The summed E-state index contributed by atoms with van der Waals surface area (Å²) in [6.07, 6.45) is -4.76. The van der Waals surface area contributed by atoms with Crippen molar-refractivity contribution in [1.29, 1.82) is 0 Å². The molecule has 174 valence electrons. The fraction of sp³-hybridized carbons (Fsp3) is 0.273. The van der Waals surface area contributed by atoms with Crippen LogP contribution in [0.25, 0.3) is 5.69 Å². The number of nitrogens with one attached hydrogen (secondary N) is 1. The standard InChI is InChI=1S/C22H20F4N4O3/c1-2-33-21(32)15(12-14-6-4-3-5-7-14)13-27-20(31)18-19(22(24,25)26)30(29-28-18)17-10-8-16(23)9-11-17/h3-11,15H,2,12-13H2,1H3,(H,27,31). The Morgan fingerprint density at radius 2 is 1.76 bits per heavy atom. The predicted molar refractivity (Wildman–Crippen MR) is 109 cm³/mol. The number of hydrogen-bond donors (Lipinski definition) is 1. The minimum Gasteiger partial charge on any atom is -0.466 e. The number of nitrogens with zero attached hydrogens (tertiary/aromatic N) is 3. The van der Waals surface area contributed by atoms with E-state index in [9.17, 15) is 27.2 Å². The van der Waals surface area contributed by atoms with Crippen LogP contribution in [-0.2, 0) is 22.1 Å². The lowest BCUT2D eigenvalue weighted by molar-refractivity contribution is -0.148. The highest BCUT2D eigenvalue weighted by molar-refractivity contribution is 5.93. The van der Waals surface area contributed by atoms with Gasteiger partial charge in [0.1, 0.15) is 5.82 Å². The van der Waals surface area contributed by atoms with Crippen LogP contribution in [0, 0.1) is 11.7 Å². The van der Waals surface area contributed by atoms with Crippen LogP contribution in [0.2, 0.25) is 0 Å². The zero-order valence-corrected chi connectivity index (χ0v) is 17.5. The van der Waals surface area contributed by atoms with E-state index < -0.39 is 41.2 Å². The first-order valence-corrected chi connectivity index (χ1v) is 9.98. The van der Waals surface area contributed by atoms with Crippen molar-refractivity contribution in [3.63, 3.8) is 0 Å². The summed E-state index contributed by atoms with van der Waals surface area (Å²) in [5.41, 5.74) is -1.71. The van der Waals surface area contributed by atoms with Gasteiger partial charge in [-0.1, -0.05) is 35.5 Å². The second-order valence-corrected chi connectivity index (χ2v) is 7.02. The number of benzene rings is 2. The molecule has 0 radical (unpaired) electrons. The molecule has 1 N–H and O–H groups in total. The minimum absolute atomic E-state index is 0.113. The summed E-state index contributed by atoms with van der Waals surface area (Å²) in [5, 5.41) is 9.16. The van der Waals surface area contributed by atoms with Gasteiger partial charge in [0.05, 0.1) is 18.2 Å². The van der Waals surface area contributed by atoms with Gasteiger partial charge in [0.25, 0.3) is 5.91 Å². The number of aromatic nitrogens is 3. The molecule has 0 bridgehead atoms. The van der Waals surface area contributed by atoms with E-state index in [-0.39, 0.29) is 25.3 Å². The van der Waals surface area contributed by atoms with Crippen molar-refractivity contribution in [3.8, 4) is 5.69 Å². The molecule has 0 spiro atoms. The van der Waals surface area contributed by atoms with Gasteiger partial charge in [-0.3, -0.25) is 9.59 Å². The zero-order valence-electron chi connectivity index (χ0n) is 17.5. The molecule has 0 aliphatic heterocycles. The van der Waals surface area contributed by atoms with Gasteiger partial charge >= 0.3 is 12.1 Å². The van der Waals surface area contributed by atoms with Gasteiger partial charge in [0.15, 0.2) is 11.4 Å². The van der Waals surface area contributed by atoms with E-state index in [0.29, 0.717) is 4.68 Å². The highest BCUT2D eigenvalue weighted by Gasteiger charge is 2.42. The van der Waals surface area contributed by atoms with E-state index in [1.807, 2.05) is 0 Å². The van der Waals surface area contributed by atoms with Crippen LogP contribution in [0.15, 0.2) is 54.6 Å². The number of rotatable bonds is 8. The Kier molecular flexibility index (Phi) is 7.41. The second kappa shape index (κ2) is 10.2.